The maximum Gasteiger partial charge on any atom is 0.217 e. The Morgan fingerprint density at radius 1 is 0.775 bits per heavy atom. The molecule has 2 N–H and O–H groups in total. The van der Waals surface area contributed by atoms with Crippen molar-refractivity contribution in [2.24, 2.45) is 9.98 Å². The molecule has 5 nitrogen and oxygen atoms in total. The molecule has 7 heteroatoms. The number of nitrogens with zero attached hydrogens (tertiary/aromatic N) is 3. The molecule has 1 aliphatic rings. The van der Waals surface area contributed by atoms with Gasteiger partial charge in [-0.15, -0.1) is 11.8 Å². The molecule has 1 aliphatic heterocycles. The monoisotopic (exact) mass is 590 g/mol. The lowest BCUT2D eigenvalue weighted by Crippen LogP contribution is -2.35. The van der Waals surface area contributed by atoms with Gasteiger partial charge in [0.25, 0.3) is 0 Å². The number of unbranched alkanes of at least 4 members (excludes halogenated alkanes) is 10. The predicted molar refractivity (Wildman–Crippen MR) is 182 cm³/mol. The van der Waals surface area contributed by atoms with Crippen LogP contribution in [0.1, 0.15) is 144 Å². The fraction of sp³-hybridized carbons (Fsp3) is 0.758. The van der Waals surface area contributed by atoms with Crippen LogP contribution in [0, 0.1) is 0 Å². The largest absolute Gasteiger partial charge is 0.507 e. The van der Waals surface area contributed by atoms with Crippen LogP contribution < -0.4 is 5.32 Å². The van der Waals surface area contributed by atoms with E-state index in [1.807, 2.05) is 18.1 Å². The minimum absolute atomic E-state index is 0.120. The second-order valence-electron chi connectivity index (χ2n) is 13.2. The van der Waals surface area contributed by atoms with Crippen LogP contribution in [0.15, 0.2) is 22.1 Å². The van der Waals surface area contributed by atoms with E-state index in [4.69, 9.17) is 9.98 Å². The van der Waals surface area contributed by atoms with E-state index in [2.05, 4.69) is 77.1 Å². The molecule has 1 aromatic rings. The summed E-state index contributed by atoms with van der Waals surface area (Å²) in [6.45, 7) is 17.5. The van der Waals surface area contributed by atoms with E-state index in [0.717, 1.165) is 34.3 Å². The molecule has 1 unspecified atom stereocenters. The Balaban J connectivity index is 2.17. The van der Waals surface area contributed by atoms with Crippen LogP contribution in [-0.4, -0.2) is 38.7 Å². The fourth-order valence-electron chi connectivity index (χ4n) is 4.72. The summed E-state index contributed by atoms with van der Waals surface area (Å²) in [6.07, 6.45) is 17.5. The van der Waals surface area contributed by atoms with Crippen LogP contribution in [-0.2, 0) is 10.8 Å². The number of anilines is 1. The third-order valence-corrected chi connectivity index (χ3v) is 9.28. The van der Waals surface area contributed by atoms with Crippen LogP contribution in [0.3, 0.4) is 0 Å². The van der Waals surface area contributed by atoms with E-state index < -0.39 is 0 Å². The highest BCUT2D eigenvalue weighted by Crippen LogP contribution is 2.41. The van der Waals surface area contributed by atoms with Crippen molar-refractivity contribution in [3.8, 4) is 5.75 Å². The second kappa shape index (κ2) is 17.6. The van der Waals surface area contributed by atoms with E-state index in [1.54, 1.807) is 11.9 Å². The Labute approximate surface area is 255 Å². The van der Waals surface area contributed by atoms with Gasteiger partial charge in [-0.2, -0.15) is 0 Å². The second-order valence-corrected chi connectivity index (χ2v) is 15.4. The number of thioether (sulfide) groups is 1. The Kier molecular flexibility index (Phi) is 15.3. The topological polar surface area (TPSA) is 60.2 Å². The van der Waals surface area contributed by atoms with Crippen molar-refractivity contribution in [2.75, 3.05) is 16.8 Å². The number of hydrogen-bond donors (Lipinski definition) is 2. The van der Waals surface area contributed by atoms with Crippen LogP contribution in [0.2, 0.25) is 0 Å². The van der Waals surface area contributed by atoms with Gasteiger partial charge in [0.15, 0.2) is 5.50 Å². The van der Waals surface area contributed by atoms with Gasteiger partial charge >= 0.3 is 0 Å². The molecule has 1 atom stereocenters. The van der Waals surface area contributed by atoms with Crippen LogP contribution >= 0.6 is 23.7 Å². The minimum Gasteiger partial charge on any atom is -0.507 e. The summed E-state index contributed by atoms with van der Waals surface area (Å²) in [4.78, 5) is 9.86. The van der Waals surface area contributed by atoms with Crippen molar-refractivity contribution in [1.82, 2.24) is 4.31 Å². The van der Waals surface area contributed by atoms with E-state index in [-0.39, 0.29) is 16.3 Å². The summed E-state index contributed by atoms with van der Waals surface area (Å²) in [5.41, 5.74) is 2.39. The van der Waals surface area contributed by atoms with E-state index in [9.17, 15) is 5.11 Å². The number of rotatable bonds is 17. The predicted octanol–water partition coefficient (Wildman–Crippen LogP) is 10.5. The zero-order valence-electron chi connectivity index (χ0n) is 26.8. The Morgan fingerprint density at radius 2 is 1.27 bits per heavy atom. The van der Waals surface area contributed by atoms with Crippen molar-refractivity contribution in [2.45, 2.75) is 149 Å². The number of nitrogens with one attached hydrogen (secondary N) is 1. The van der Waals surface area contributed by atoms with Crippen LogP contribution in [0.5, 0.6) is 5.75 Å². The number of phenolic OH excluding ortho intramolecular Hbond substituents is 1. The summed E-state index contributed by atoms with van der Waals surface area (Å²) in [7, 11) is 0. The van der Waals surface area contributed by atoms with Crippen molar-refractivity contribution < 1.29 is 5.11 Å². The summed E-state index contributed by atoms with van der Waals surface area (Å²) in [5, 5.41) is 14.8. The molecule has 0 saturated heterocycles. The first kappa shape index (κ1) is 34.9. The average Bonchev–Trinajstić information content (AvgIpc) is 2.88. The Morgan fingerprint density at radius 3 is 1.80 bits per heavy atom. The SMILES string of the molecule is CCCCCCCCSC1N=CN(SCCCCCCCC)C(Nc2cc(C(C)(C)C)c(O)c(C(C)(C)C)c2)=N1. The summed E-state index contributed by atoms with van der Waals surface area (Å²) >= 11 is 3.62. The van der Waals surface area contributed by atoms with Gasteiger partial charge in [0.05, 0.1) is 0 Å². The lowest BCUT2D eigenvalue weighted by molar-refractivity contribution is 0.423. The van der Waals surface area contributed by atoms with E-state index in [0.29, 0.717) is 5.75 Å². The van der Waals surface area contributed by atoms with Crippen molar-refractivity contribution in [3.05, 3.63) is 23.3 Å². The zero-order valence-corrected chi connectivity index (χ0v) is 28.4. The average molecular weight is 591 g/mol. The first-order chi connectivity index (χ1) is 19.0. The van der Waals surface area contributed by atoms with Gasteiger partial charge in [-0.05, 0) is 53.5 Å². The lowest BCUT2D eigenvalue weighted by atomic mass is 9.79. The lowest BCUT2D eigenvalue weighted by Gasteiger charge is -2.30. The molecule has 1 aromatic carbocycles. The van der Waals surface area contributed by atoms with E-state index in [1.165, 1.54) is 77.0 Å². The standard InChI is InChI=1S/C33H58N4OS2/c1-9-11-13-15-17-19-21-39-31-34-25-37(40-22-20-18-16-14-12-10-2)30(36-31)35-26-23-27(32(3,4)5)29(38)28(24-26)33(6,7)8/h23-25,31,38H,9-22H2,1-8H3,(H,35,36). The van der Waals surface area contributed by atoms with Crippen molar-refractivity contribution >= 4 is 41.7 Å². The van der Waals surface area contributed by atoms with Gasteiger partial charge in [0, 0.05) is 22.6 Å². The molecule has 0 bridgehead atoms. The highest BCUT2D eigenvalue weighted by atomic mass is 32.2. The zero-order chi connectivity index (χ0) is 29.6. The molecule has 40 heavy (non-hydrogen) atoms. The van der Waals surface area contributed by atoms with Gasteiger partial charge in [0.2, 0.25) is 5.96 Å². The highest BCUT2D eigenvalue weighted by molar-refractivity contribution is 8.00. The molecule has 0 saturated carbocycles. The molecule has 0 aromatic heterocycles. The summed E-state index contributed by atoms with van der Waals surface area (Å²) < 4.78 is 2.11. The first-order valence-electron chi connectivity index (χ1n) is 15.8. The molecule has 0 spiro atoms. The van der Waals surface area contributed by atoms with Crippen molar-refractivity contribution in [1.29, 1.82) is 0 Å². The van der Waals surface area contributed by atoms with Gasteiger partial charge < -0.3 is 10.4 Å². The third kappa shape index (κ3) is 12.3. The van der Waals surface area contributed by atoms with Gasteiger partial charge in [-0.1, -0.05) is 120 Å². The van der Waals surface area contributed by atoms with E-state index >= 15 is 0 Å². The molecule has 0 aliphatic carbocycles. The normalized spacial score (nSPS) is 15.9. The van der Waals surface area contributed by atoms with Gasteiger partial charge in [-0.3, -0.25) is 0 Å². The number of hydrogen-bond acceptors (Lipinski definition) is 7. The Bertz CT molecular complexity index is 898. The quantitative estimate of drug-likeness (QED) is 0.107. The highest BCUT2D eigenvalue weighted by Gasteiger charge is 2.28. The van der Waals surface area contributed by atoms with Gasteiger partial charge in [-0.25, -0.2) is 14.3 Å². The fourth-order valence-corrected chi connectivity index (χ4v) is 6.49. The van der Waals surface area contributed by atoms with Crippen LogP contribution in [0.25, 0.3) is 0 Å². The number of phenols is 1. The molecule has 228 valence electrons. The maximum atomic E-state index is 11.2. The summed E-state index contributed by atoms with van der Waals surface area (Å²) in [5.74, 6) is 3.36. The molecule has 0 fully saturated rings. The van der Waals surface area contributed by atoms with Gasteiger partial charge in [0.1, 0.15) is 12.1 Å². The number of guanidine groups is 1. The summed E-state index contributed by atoms with van der Waals surface area (Å²) in [6, 6.07) is 4.18. The first-order valence-corrected chi connectivity index (χ1v) is 17.8. The maximum absolute atomic E-state index is 11.2. The Hall–Kier alpha value is -1.34. The third-order valence-electron chi connectivity index (χ3n) is 7.22. The molecule has 0 amide bonds. The molecule has 2 rings (SSSR count). The smallest absolute Gasteiger partial charge is 0.217 e. The number of aromatic hydroxyl groups is 1. The van der Waals surface area contributed by atoms with Crippen LogP contribution in [0.4, 0.5) is 5.69 Å². The molecular formula is C33H58N4OS2. The molecule has 0 radical (unpaired) electrons. The minimum atomic E-state index is -0.181. The molecular weight excluding hydrogens is 533 g/mol. The number of aliphatic imine (C=N–C) groups is 2. The van der Waals surface area contributed by atoms with Crippen molar-refractivity contribution in [3.63, 3.8) is 0 Å². The molecule has 1 heterocycles. The number of benzene rings is 1.